The molecule has 1 N–H and O–H groups in total. The summed E-state index contributed by atoms with van der Waals surface area (Å²) >= 11 is 0. The molecule has 0 radical (unpaired) electrons. The second-order valence-corrected chi connectivity index (χ2v) is 4.76. The molecule has 1 aliphatic rings. The lowest BCUT2D eigenvalue weighted by molar-refractivity contribution is -0.131. The van der Waals surface area contributed by atoms with Crippen molar-refractivity contribution in [1.82, 2.24) is 15.2 Å². The van der Waals surface area contributed by atoms with Gasteiger partial charge in [0.15, 0.2) is 0 Å². The molecule has 18 heavy (non-hydrogen) atoms. The quantitative estimate of drug-likeness (QED) is 0.862. The van der Waals surface area contributed by atoms with Crippen LogP contribution in [0.4, 0.5) is 0 Å². The molecule has 1 aliphatic heterocycles. The van der Waals surface area contributed by atoms with Crippen molar-refractivity contribution in [3.05, 3.63) is 30.1 Å². The van der Waals surface area contributed by atoms with Crippen molar-refractivity contribution in [3.63, 3.8) is 0 Å². The van der Waals surface area contributed by atoms with E-state index in [1.54, 1.807) is 6.20 Å². The number of nitrogens with zero attached hydrogens (tertiary/aromatic N) is 2. The zero-order valence-electron chi connectivity index (χ0n) is 11.1. The Bertz CT molecular complexity index is 393. The molecule has 4 nitrogen and oxygen atoms in total. The first-order valence-corrected chi connectivity index (χ1v) is 6.68. The fourth-order valence-corrected chi connectivity index (χ4v) is 2.38. The molecule has 2 rings (SSSR count). The van der Waals surface area contributed by atoms with Crippen LogP contribution in [0.3, 0.4) is 0 Å². The average molecular weight is 247 g/mol. The number of carbonyl (C=O) groups is 1. The van der Waals surface area contributed by atoms with E-state index in [-0.39, 0.29) is 18.0 Å². The monoisotopic (exact) mass is 247 g/mol. The summed E-state index contributed by atoms with van der Waals surface area (Å²) in [5.41, 5.74) is 0.960. The molecule has 0 saturated carbocycles. The number of likely N-dealkylation sites (tertiary alicyclic amines) is 1. The molecular weight excluding hydrogens is 226 g/mol. The van der Waals surface area contributed by atoms with Gasteiger partial charge in [-0.3, -0.25) is 9.78 Å². The van der Waals surface area contributed by atoms with E-state index in [1.807, 2.05) is 30.0 Å². The Hall–Kier alpha value is -1.42. The molecule has 4 heteroatoms. The minimum absolute atomic E-state index is 0.00360. The predicted molar refractivity (Wildman–Crippen MR) is 71.1 cm³/mol. The van der Waals surface area contributed by atoms with E-state index >= 15 is 0 Å². The molecule has 1 aromatic rings. The molecule has 1 fully saturated rings. The maximum atomic E-state index is 12.3. The Morgan fingerprint density at radius 3 is 3.06 bits per heavy atom. The Kier molecular flexibility index (Phi) is 4.31. The number of rotatable bonds is 5. The second kappa shape index (κ2) is 5.96. The summed E-state index contributed by atoms with van der Waals surface area (Å²) in [5.74, 6) is 0.210. The summed E-state index contributed by atoms with van der Waals surface area (Å²) in [7, 11) is 0. The average Bonchev–Trinajstić information content (AvgIpc) is 2.78. The molecular formula is C14H21N3O. The topological polar surface area (TPSA) is 45.2 Å². The van der Waals surface area contributed by atoms with Crippen LogP contribution < -0.4 is 5.32 Å². The highest BCUT2D eigenvalue weighted by atomic mass is 16.2. The van der Waals surface area contributed by atoms with E-state index in [9.17, 15) is 4.79 Å². The molecule has 0 spiro atoms. The zero-order chi connectivity index (χ0) is 13.0. The normalized spacial score (nSPS) is 21.3. The van der Waals surface area contributed by atoms with Crippen molar-refractivity contribution in [3.8, 4) is 0 Å². The van der Waals surface area contributed by atoms with Gasteiger partial charge in [-0.25, -0.2) is 0 Å². The van der Waals surface area contributed by atoms with Gasteiger partial charge in [-0.2, -0.15) is 0 Å². The number of carbonyl (C=O) groups excluding carboxylic acids is 1. The smallest absolute Gasteiger partial charge is 0.240 e. The first-order chi connectivity index (χ1) is 8.74. The minimum atomic E-state index is -0.00360. The van der Waals surface area contributed by atoms with Gasteiger partial charge in [-0.1, -0.05) is 13.0 Å². The van der Waals surface area contributed by atoms with Gasteiger partial charge >= 0.3 is 0 Å². The molecule has 1 saturated heterocycles. The van der Waals surface area contributed by atoms with Gasteiger partial charge in [0.2, 0.25) is 5.91 Å². The first-order valence-electron chi connectivity index (χ1n) is 6.68. The summed E-state index contributed by atoms with van der Waals surface area (Å²) in [6.07, 6.45) is 3.73. The van der Waals surface area contributed by atoms with Gasteiger partial charge in [0.05, 0.1) is 17.8 Å². The largest absolute Gasteiger partial charge is 0.333 e. The zero-order valence-corrected chi connectivity index (χ0v) is 11.1. The van der Waals surface area contributed by atoms with Crippen LogP contribution in [0.25, 0.3) is 0 Å². The van der Waals surface area contributed by atoms with Crippen LogP contribution in [0.15, 0.2) is 24.4 Å². The Morgan fingerprint density at radius 2 is 2.39 bits per heavy atom. The van der Waals surface area contributed by atoms with Crippen molar-refractivity contribution in [2.75, 3.05) is 13.1 Å². The second-order valence-electron chi connectivity index (χ2n) is 4.76. The Balaban J connectivity index is 2.00. The molecule has 0 aliphatic carbocycles. The summed E-state index contributed by atoms with van der Waals surface area (Å²) in [4.78, 5) is 18.5. The van der Waals surface area contributed by atoms with Crippen LogP contribution in [0.2, 0.25) is 0 Å². The number of hydrogen-bond donors (Lipinski definition) is 1. The van der Waals surface area contributed by atoms with Crippen LogP contribution in [-0.2, 0) is 4.79 Å². The van der Waals surface area contributed by atoms with Crippen molar-refractivity contribution in [1.29, 1.82) is 0 Å². The molecule has 0 bridgehead atoms. The predicted octanol–water partition coefficient (Wildman–Crippen LogP) is 1.74. The number of aromatic nitrogens is 1. The Labute approximate surface area is 108 Å². The highest BCUT2D eigenvalue weighted by Gasteiger charge is 2.34. The third kappa shape index (κ3) is 2.70. The molecule has 1 aromatic heterocycles. The van der Waals surface area contributed by atoms with Gasteiger partial charge in [-0.15, -0.1) is 0 Å². The van der Waals surface area contributed by atoms with Crippen molar-refractivity contribution >= 4 is 5.91 Å². The van der Waals surface area contributed by atoms with Crippen LogP contribution in [0.5, 0.6) is 0 Å². The number of hydrogen-bond acceptors (Lipinski definition) is 3. The summed E-state index contributed by atoms with van der Waals surface area (Å²) in [6, 6.07) is 5.90. The third-order valence-electron chi connectivity index (χ3n) is 3.46. The minimum Gasteiger partial charge on any atom is -0.333 e. The van der Waals surface area contributed by atoms with Crippen LogP contribution in [0.1, 0.15) is 38.4 Å². The lowest BCUT2D eigenvalue weighted by Gasteiger charge is -2.24. The highest BCUT2D eigenvalue weighted by Crippen LogP contribution is 2.24. The van der Waals surface area contributed by atoms with Crippen molar-refractivity contribution in [2.24, 2.45) is 0 Å². The van der Waals surface area contributed by atoms with Gasteiger partial charge in [0, 0.05) is 12.7 Å². The van der Waals surface area contributed by atoms with Gasteiger partial charge < -0.3 is 10.2 Å². The molecule has 2 atom stereocenters. The standard InChI is InChI=1S/C14H21N3O/c1-3-8-15-13-7-10-17(14(13)18)11(2)12-6-4-5-9-16-12/h4-6,9,11,13,15H,3,7-8,10H2,1-2H3. The van der Waals surface area contributed by atoms with Crippen LogP contribution in [-0.4, -0.2) is 34.9 Å². The molecule has 2 heterocycles. The van der Waals surface area contributed by atoms with E-state index < -0.39 is 0 Å². The molecule has 98 valence electrons. The van der Waals surface area contributed by atoms with E-state index in [4.69, 9.17) is 0 Å². The maximum Gasteiger partial charge on any atom is 0.240 e. The highest BCUT2D eigenvalue weighted by molar-refractivity contribution is 5.84. The first kappa shape index (κ1) is 13.0. The lowest BCUT2D eigenvalue weighted by Crippen LogP contribution is -2.39. The molecule has 1 amide bonds. The van der Waals surface area contributed by atoms with Gasteiger partial charge in [-0.05, 0) is 38.4 Å². The van der Waals surface area contributed by atoms with Crippen molar-refractivity contribution < 1.29 is 4.79 Å². The van der Waals surface area contributed by atoms with Crippen molar-refractivity contribution in [2.45, 2.75) is 38.8 Å². The Morgan fingerprint density at radius 1 is 1.56 bits per heavy atom. The summed E-state index contributed by atoms with van der Waals surface area (Å²) in [6.45, 7) is 5.88. The summed E-state index contributed by atoms with van der Waals surface area (Å²) < 4.78 is 0. The van der Waals surface area contributed by atoms with E-state index in [1.165, 1.54) is 0 Å². The molecule has 0 aromatic carbocycles. The SMILES string of the molecule is CCCNC1CCN(C(C)c2ccccn2)C1=O. The van der Waals surface area contributed by atoms with E-state index in [0.717, 1.165) is 31.6 Å². The number of amides is 1. The van der Waals surface area contributed by atoms with E-state index in [0.29, 0.717) is 0 Å². The fraction of sp³-hybridized carbons (Fsp3) is 0.571. The summed E-state index contributed by atoms with van der Waals surface area (Å²) in [5, 5.41) is 3.31. The molecule has 2 unspecified atom stereocenters. The van der Waals surface area contributed by atoms with Gasteiger partial charge in [0.1, 0.15) is 0 Å². The van der Waals surface area contributed by atoms with Crippen LogP contribution >= 0.6 is 0 Å². The maximum absolute atomic E-state index is 12.3. The number of nitrogens with one attached hydrogen (secondary N) is 1. The van der Waals surface area contributed by atoms with Crippen LogP contribution in [0, 0.1) is 0 Å². The lowest BCUT2D eigenvalue weighted by atomic mass is 10.2. The van der Waals surface area contributed by atoms with Gasteiger partial charge in [0.25, 0.3) is 0 Å². The fourth-order valence-electron chi connectivity index (χ4n) is 2.38. The van der Waals surface area contributed by atoms with E-state index in [2.05, 4.69) is 17.2 Å². The third-order valence-corrected chi connectivity index (χ3v) is 3.46. The number of pyridine rings is 1.